The Morgan fingerprint density at radius 2 is 1.75 bits per heavy atom. The van der Waals surface area contributed by atoms with Crippen LogP contribution in [0.1, 0.15) is 11.6 Å². The van der Waals surface area contributed by atoms with Crippen molar-refractivity contribution in [2.45, 2.75) is 17.1 Å². The molecule has 0 spiro atoms. The number of nitrogens with zero attached hydrogens (tertiary/aromatic N) is 3. The Morgan fingerprint density at radius 1 is 1.17 bits per heavy atom. The van der Waals surface area contributed by atoms with Crippen LogP contribution in [0.2, 0.25) is 0 Å². The summed E-state index contributed by atoms with van der Waals surface area (Å²) in [7, 11) is -3.31. The van der Waals surface area contributed by atoms with Gasteiger partial charge in [-0.05, 0) is 17.7 Å². The van der Waals surface area contributed by atoms with Crippen LogP contribution in [0.3, 0.4) is 0 Å². The molecule has 130 valence electrons. The van der Waals surface area contributed by atoms with E-state index in [1.54, 1.807) is 0 Å². The van der Waals surface area contributed by atoms with E-state index in [0.29, 0.717) is 12.1 Å². The summed E-state index contributed by atoms with van der Waals surface area (Å²) in [6.07, 6.45) is -2.01. The summed E-state index contributed by atoms with van der Waals surface area (Å²) in [6.45, 7) is 0. The lowest BCUT2D eigenvalue weighted by atomic mass is 10.1. The molecule has 1 N–H and O–H groups in total. The molecule has 0 amide bonds. The minimum Gasteiger partial charge on any atom is -0.243 e. The van der Waals surface area contributed by atoms with E-state index in [1.165, 1.54) is 0 Å². The summed E-state index contributed by atoms with van der Waals surface area (Å²) in [5.41, 5.74) is -0.680. The van der Waals surface area contributed by atoms with Crippen molar-refractivity contribution in [3.05, 3.63) is 54.1 Å². The third-order valence-electron chi connectivity index (χ3n) is 3.19. The smallest absolute Gasteiger partial charge is 0.243 e. The molecule has 24 heavy (non-hydrogen) atoms. The highest BCUT2D eigenvalue weighted by molar-refractivity contribution is 7.90. The van der Waals surface area contributed by atoms with Gasteiger partial charge in [0.2, 0.25) is 0 Å². The standard InChI is InChI=1S/C13H11F5N4OS/c1-22(24(19,23)9-5-20-7-21-6-9)12(13(16,17)18)8-2-3-10(14)11(15)4-8/h2-7,12,19H,1H3/t12-,24+/m1/s1. The van der Waals surface area contributed by atoms with Gasteiger partial charge >= 0.3 is 6.18 Å². The number of hydrogen-bond donors (Lipinski definition) is 1. The summed E-state index contributed by atoms with van der Waals surface area (Å²) < 4.78 is 87.2. The fraction of sp³-hybridized carbons (Fsp3) is 0.231. The molecule has 0 aliphatic heterocycles. The largest absolute Gasteiger partial charge is 0.409 e. The van der Waals surface area contributed by atoms with Crippen LogP contribution >= 0.6 is 0 Å². The number of halogens is 5. The monoisotopic (exact) mass is 366 g/mol. The first-order valence-electron chi connectivity index (χ1n) is 6.33. The van der Waals surface area contributed by atoms with Crippen LogP contribution in [0.15, 0.2) is 41.8 Å². The highest BCUT2D eigenvalue weighted by atomic mass is 32.2. The first-order valence-corrected chi connectivity index (χ1v) is 7.85. The van der Waals surface area contributed by atoms with E-state index in [1.807, 2.05) is 0 Å². The van der Waals surface area contributed by atoms with E-state index < -0.39 is 39.3 Å². The number of benzene rings is 1. The Labute approximate surface area is 134 Å². The molecule has 0 bridgehead atoms. The maximum absolute atomic E-state index is 13.4. The second kappa shape index (κ2) is 6.40. The number of nitrogens with one attached hydrogen (secondary N) is 1. The maximum Gasteiger partial charge on any atom is 0.409 e. The Kier molecular flexibility index (Phi) is 4.85. The maximum atomic E-state index is 13.4. The molecule has 2 atom stereocenters. The lowest BCUT2D eigenvalue weighted by Crippen LogP contribution is -2.39. The molecule has 2 rings (SSSR count). The minimum atomic E-state index is -4.99. The molecule has 0 aliphatic rings. The van der Waals surface area contributed by atoms with Gasteiger partial charge in [-0.2, -0.15) is 13.2 Å². The van der Waals surface area contributed by atoms with E-state index in [9.17, 15) is 26.2 Å². The molecule has 1 aromatic carbocycles. The molecule has 0 saturated heterocycles. The first-order chi connectivity index (χ1) is 11.0. The molecule has 0 fully saturated rings. The molecule has 11 heteroatoms. The first kappa shape index (κ1) is 18.2. The van der Waals surface area contributed by atoms with Gasteiger partial charge in [0.15, 0.2) is 11.6 Å². The average molecular weight is 366 g/mol. The van der Waals surface area contributed by atoms with Crippen LogP contribution in [0, 0.1) is 16.4 Å². The number of hydrogen-bond acceptors (Lipinski definition) is 4. The highest BCUT2D eigenvalue weighted by Gasteiger charge is 2.47. The molecule has 2 aromatic rings. The second-order valence-electron chi connectivity index (χ2n) is 4.76. The quantitative estimate of drug-likeness (QED) is 0.844. The van der Waals surface area contributed by atoms with Crippen LogP contribution in [0.25, 0.3) is 0 Å². The third kappa shape index (κ3) is 3.51. The van der Waals surface area contributed by atoms with Crippen molar-refractivity contribution in [3.63, 3.8) is 0 Å². The van der Waals surface area contributed by atoms with E-state index in [-0.39, 0.29) is 9.20 Å². The number of rotatable bonds is 4. The summed E-state index contributed by atoms with van der Waals surface area (Å²) in [4.78, 5) is 6.71. The normalized spacial score (nSPS) is 16.0. The predicted molar refractivity (Wildman–Crippen MR) is 74.1 cm³/mol. The van der Waals surface area contributed by atoms with E-state index in [4.69, 9.17) is 4.78 Å². The van der Waals surface area contributed by atoms with Crippen LogP contribution < -0.4 is 0 Å². The van der Waals surface area contributed by atoms with Crippen molar-refractivity contribution in [3.8, 4) is 0 Å². The van der Waals surface area contributed by atoms with Gasteiger partial charge < -0.3 is 0 Å². The van der Waals surface area contributed by atoms with Crippen LogP contribution in [0.4, 0.5) is 22.0 Å². The molecular formula is C13H11F5N4OS. The van der Waals surface area contributed by atoms with Crippen LogP contribution in [-0.4, -0.2) is 31.7 Å². The molecule has 5 nitrogen and oxygen atoms in total. The summed E-state index contributed by atoms with van der Waals surface area (Å²) in [5.74, 6) is -2.79. The zero-order valence-corrected chi connectivity index (χ0v) is 12.9. The third-order valence-corrected chi connectivity index (χ3v) is 5.07. The zero-order valence-electron chi connectivity index (χ0n) is 12.1. The summed E-state index contributed by atoms with van der Waals surface area (Å²) in [6, 6.07) is -0.961. The Morgan fingerprint density at radius 3 is 2.25 bits per heavy atom. The molecule has 0 saturated carbocycles. The van der Waals surface area contributed by atoms with E-state index in [0.717, 1.165) is 31.8 Å². The lowest BCUT2D eigenvalue weighted by Gasteiger charge is -2.31. The van der Waals surface area contributed by atoms with Gasteiger partial charge in [0.25, 0.3) is 0 Å². The predicted octanol–water partition coefficient (Wildman–Crippen LogP) is 3.31. The number of aromatic nitrogens is 2. The van der Waals surface area contributed by atoms with Crippen LogP contribution in [0.5, 0.6) is 0 Å². The Balaban J connectivity index is 2.54. The average Bonchev–Trinajstić information content (AvgIpc) is 2.50. The van der Waals surface area contributed by atoms with Gasteiger partial charge in [0.05, 0.1) is 4.90 Å². The summed E-state index contributed by atoms with van der Waals surface area (Å²) in [5, 5.41) is 0. The van der Waals surface area contributed by atoms with Gasteiger partial charge in [0, 0.05) is 19.4 Å². The zero-order chi connectivity index (χ0) is 18.1. The van der Waals surface area contributed by atoms with E-state index in [2.05, 4.69) is 9.97 Å². The van der Waals surface area contributed by atoms with Crippen molar-refractivity contribution in [2.24, 2.45) is 0 Å². The Bertz CT molecular complexity index is 826. The number of alkyl halides is 3. The topological polar surface area (TPSA) is 69.9 Å². The van der Waals surface area contributed by atoms with Crippen molar-refractivity contribution in [1.82, 2.24) is 14.3 Å². The minimum absolute atomic E-state index is 0.234. The summed E-state index contributed by atoms with van der Waals surface area (Å²) >= 11 is 0. The second-order valence-corrected chi connectivity index (χ2v) is 6.86. The van der Waals surface area contributed by atoms with E-state index >= 15 is 0 Å². The molecule has 1 heterocycles. The van der Waals surface area contributed by atoms with Crippen molar-refractivity contribution in [1.29, 1.82) is 4.78 Å². The van der Waals surface area contributed by atoms with Gasteiger partial charge in [-0.25, -0.2) is 32.0 Å². The van der Waals surface area contributed by atoms with Crippen molar-refractivity contribution in [2.75, 3.05) is 7.05 Å². The molecule has 0 unspecified atom stereocenters. The molecule has 0 radical (unpaired) electrons. The van der Waals surface area contributed by atoms with Gasteiger partial charge in [-0.3, -0.25) is 0 Å². The fourth-order valence-corrected chi connectivity index (χ4v) is 3.31. The van der Waals surface area contributed by atoms with Crippen molar-refractivity contribution < 1.29 is 26.2 Å². The van der Waals surface area contributed by atoms with Gasteiger partial charge in [0.1, 0.15) is 22.3 Å². The lowest BCUT2D eigenvalue weighted by molar-refractivity contribution is -0.170. The van der Waals surface area contributed by atoms with Gasteiger partial charge in [-0.1, -0.05) is 6.07 Å². The van der Waals surface area contributed by atoms with Crippen molar-refractivity contribution >= 4 is 9.92 Å². The highest BCUT2D eigenvalue weighted by Crippen LogP contribution is 2.39. The van der Waals surface area contributed by atoms with Gasteiger partial charge in [-0.15, -0.1) is 0 Å². The molecule has 0 aliphatic carbocycles. The SMILES string of the molecule is CN([C@H](c1ccc(F)c(F)c1)C(F)(F)F)[S@](=N)(=O)c1cncnc1. The fourth-order valence-electron chi connectivity index (χ4n) is 2.03. The molecular weight excluding hydrogens is 355 g/mol. The Hall–Kier alpha value is -2.14. The van der Waals surface area contributed by atoms with Crippen LogP contribution in [-0.2, 0) is 9.92 Å². The molecule has 1 aromatic heterocycles.